The summed E-state index contributed by atoms with van der Waals surface area (Å²) < 4.78 is 30.3. The first-order valence-electron chi connectivity index (χ1n) is 12.4. The maximum atomic E-state index is 13.4. The van der Waals surface area contributed by atoms with Crippen LogP contribution in [0.4, 0.5) is 0 Å². The zero-order chi connectivity index (χ0) is 25.2. The number of benzene rings is 2. The van der Waals surface area contributed by atoms with Crippen molar-refractivity contribution < 1.29 is 28.5 Å². The number of rotatable bonds is 7. The SMILES string of the molecule is COc1cc(C(=O)N2CCC3(CC2)Oc2ccccc2[C@@H](OC(C)C)[C@@H]3OC)ccc1OC(C)C. The minimum absolute atomic E-state index is 0.0154. The van der Waals surface area contributed by atoms with Crippen molar-refractivity contribution in [2.75, 3.05) is 27.3 Å². The van der Waals surface area contributed by atoms with Gasteiger partial charge in [-0.05, 0) is 52.0 Å². The smallest absolute Gasteiger partial charge is 0.253 e. The molecule has 35 heavy (non-hydrogen) atoms. The van der Waals surface area contributed by atoms with Crippen molar-refractivity contribution in [1.82, 2.24) is 4.90 Å². The summed E-state index contributed by atoms with van der Waals surface area (Å²) in [5.74, 6) is 1.98. The number of piperidine rings is 1. The number of fused-ring (bicyclic) bond motifs is 1. The van der Waals surface area contributed by atoms with Gasteiger partial charge in [-0.25, -0.2) is 0 Å². The van der Waals surface area contributed by atoms with E-state index in [2.05, 4.69) is 0 Å². The fraction of sp³-hybridized carbons (Fsp3) is 0.536. The van der Waals surface area contributed by atoms with E-state index >= 15 is 0 Å². The molecular formula is C28H37NO6. The molecule has 2 atom stereocenters. The zero-order valence-electron chi connectivity index (χ0n) is 21.6. The van der Waals surface area contributed by atoms with Crippen LogP contribution in [0.2, 0.25) is 0 Å². The van der Waals surface area contributed by atoms with Gasteiger partial charge in [0, 0.05) is 44.2 Å². The van der Waals surface area contributed by atoms with Gasteiger partial charge in [0.15, 0.2) is 11.5 Å². The highest BCUT2D eigenvalue weighted by molar-refractivity contribution is 5.95. The number of methoxy groups -OCH3 is 2. The molecule has 0 saturated carbocycles. The molecule has 7 heteroatoms. The van der Waals surface area contributed by atoms with Gasteiger partial charge in [-0.3, -0.25) is 4.79 Å². The van der Waals surface area contributed by atoms with E-state index in [0.717, 1.165) is 11.3 Å². The van der Waals surface area contributed by atoms with Crippen molar-refractivity contribution in [2.45, 2.75) is 70.6 Å². The second-order valence-electron chi connectivity index (χ2n) is 9.79. The van der Waals surface area contributed by atoms with Gasteiger partial charge in [-0.15, -0.1) is 0 Å². The monoisotopic (exact) mass is 483 g/mol. The minimum Gasteiger partial charge on any atom is -0.493 e. The number of likely N-dealkylation sites (tertiary alicyclic amines) is 1. The van der Waals surface area contributed by atoms with Crippen LogP contribution in [0.1, 0.15) is 62.6 Å². The second kappa shape index (κ2) is 10.5. The van der Waals surface area contributed by atoms with Crippen LogP contribution in [-0.4, -0.2) is 62.0 Å². The van der Waals surface area contributed by atoms with Crippen molar-refractivity contribution in [3.05, 3.63) is 53.6 Å². The van der Waals surface area contributed by atoms with Gasteiger partial charge < -0.3 is 28.6 Å². The molecule has 1 saturated heterocycles. The molecule has 190 valence electrons. The lowest BCUT2D eigenvalue weighted by Gasteiger charge is -2.51. The van der Waals surface area contributed by atoms with Crippen LogP contribution in [0.15, 0.2) is 42.5 Å². The Morgan fingerprint density at radius 1 is 1.00 bits per heavy atom. The highest BCUT2D eigenvalue weighted by Gasteiger charge is 2.53. The Balaban J connectivity index is 1.53. The Hall–Kier alpha value is -2.77. The highest BCUT2D eigenvalue weighted by atomic mass is 16.6. The molecule has 2 aliphatic heterocycles. The van der Waals surface area contributed by atoms with Crippen LogP contribution in [0.3, 0.4) is 0 Å². The number of hydrogen-bond donors (Lipinski definition) is 0. The first kappa shape index (κ1) is 25.3. The molecule has 1 spiro atoms. The van der Waals surface area contributed by atoms with Crippen LogP contribution in [-0.2, 0) is 9.47 Å². The first-order chi connectivity index (χ1) is 16.8. The van der Waals surface area contributed by atoms with Crippen molar-refractivity contribution in [3.8, 4) is 17.2 Å². The largest absolute Gasteiger partial charge is 0.493 e. The summed E-state index contributed by atoms with van der Waals surface area (Å²) in [4.78, 5) is 15.2. The Morgan fingerprint density at radius 3 is 2.34 bits per heavy atom. The third-order valence-electron chi connectivity index (χ3n) is 6.68. The first-order valence-corrected chi connectivity index (χ1v) is 12.4. The fourth-order valence-corrected chi connectivity index (χ4v) is 5.11. The molecule has 7 nitrogen and oxygen atoms in total. The van der Waals surface area contributed by atoms with E-state index in [1.165, 1.54) is 0 Å². The molecular weight excluding hydrogens is 446 g/mol. The summed E-state index contributed by atoms with van der Waals surface area (Å²) in [6.07, 6.45) is 0.848. The molecule has 0 N–H and O–H groups in total. The molecule has 2 aromatic rings. The van der Waals surface area contributed by atoms with E-state index in [0.29, 0.717) is 43.0 Å². The third kappa shape index (κ3) is 5.11. The number of nitrogens with zero attached hydrogens (tertiary/aromatic N) is 1. The van der Waals surface area contributed by atoms with Gasteiger partial charge in [0.05, 0.1) is 19.3 Å². The summed E-state index contributed by atoms with van der Waals surface area (Å²) in [6.45, 7) is 9.09. The van der Waals surface area contributed by atoms with Gasteiger partial charge in [0.25, 0.3) is 5.91 Å². The van der Waals surface area contributed by atoms with Crippen molar-refractivity contribution in [2.24, 2.45) is 0 Å². The van der Waals surface area contributed by atoms with Gasteiger partial charge in [-0.2, -0.15) is 0 Å². The zero-order valence-corrected chi connectivity index (χ0v) is 21.6. The number of hydrogen-bond acceptors (Lipinski definition) is 6. The van der Waals surface area contributed by atoms with Gasteiger partial charge in [0.1, 0.15) is 23.6 Å². The number of ether oxygens (including phenoxy) is 5. The quantitative estimate of drug-likeness (QED) is 0.550. The molecule has 4 rings (SSSR count). The predicted molar refractivity (Wildman–Crippen MR) is 133 cm³/mol. The van der Waals surface area contributed by atoms with Crippen molar-refractivity contribution in [3.63, 3.8) is 0 Å². The highest BCUT2D eigenvalue weighted by Crippen LogP contribution is 2.47. The number of amides is 1. The Bertz CT molecular complexity index is 1030. The Morgan fingerprint density at radius 2 is 1.71 bits per heavy atom. The number of carbonyl (C=O) groups excluding carboxylic acids is 1. The molecule has 1 amide bonds. The van der Waals surface area contributed by atoms with E-state index in [4.69, 9.17) is 23.7 Å². The summed E-state index contributed by atoms with van der Waals surface area (Å²) in [5, 5.41) is 0. The molecule has 0 bridgehead atoms. The summed E-state index contributed by atoms with van der Waals surface area (Å²) in [6, 6.07) is 13.4. The molecule has 0 unspecified atom stereocenters. The van der Waals surface area contributed by atoms with E-state index in [9.17, 15) is 4.79 Å². The van der Waals surface area contributed by atoms with Crippen LogP contribution >= 0.6 is 0 Å². The van der Waals surface area contributed by atoms with Crippen molar-refractivity contribution >= 4 is 5.91 Å². The van der Waals surface area contributed by atoms with Crippen molar-refractivity contribution in [1.29, 1.82) is 0 Å². The number of para-hydroxylation sites is 1. The lowest BCUT2D eigenvalue weighted by Crippen LogP contribution is -2.60. The van der Waals surface area contributed by atoms with Crippen LogP contribution in [0, 0.1) is 0 Å². The van der Waals surface area contributed by atoms with Crippen LogP contribution < -0.4 is 14.2 Å². The van der Waals surface area contributed by atoms with E-state index in [-0.39, 0.29) is 30.3 Å². The molecule has 2 aromatic carbocycles. The van der Waals surface area contributed by atoms with Gasteiger partial charge >= 0.3 is 0 Å². The lowest BCUT2D eigenvalue weighted by molar-refractivity contribution is -0.185. The summed E-state index contributed by atoms with van der Waals surface area (Å²) >= 11 is 0. The molecule has 2 aliphatic rings. The molecule has 0 aromatic heterocycles. The fourth-order valence-electron chi connectivity index (χ4n) is 5.11. The summed E-state index contributed by atoms with van der Waals surface area (Å²) in [5.41, 5.74) is 1.02. The normalized spacial score (nSPS) is 21.1. The van der Waals surface area contributed by atoms with Crippen LogP contribution in [0.25, 0.3) is 0 Å². The predicted octanol–water partition coefficient (Wildman–Crippen LogP) is 5.03. The lowest BCUT2D eigenvalue weighted by atomic mass is 9.78. The van der Waals surface area contributed by atoms with Gasteiger partial charge in [-0.1, -0.05) is 18.2 Å². The maximum absolute atomic E-state index is 13.4. The molecule has 0 aliphatic carbocycles. The maximum Gasteiger partial charge on any atom is 0.253 e. The van der Waals surface area contributed by atoms with E-state index in [1.807, 2.05) is 56.9 Å². The minimum atomic E-state index is -0.563. The van der Waals surface area contributed by atoms with E-state index < -0.39 is 5.60 Å². The van der Waals surface area contributed by atoms with Gasteiger partial charge in [0.2, 0.25) is 0 Å². The summed E-state index contributed by atoms with van der Waals surface area (Å²) in [7, 11) is 3.30. The average Bonchev–Trinajstić information content (AvgIpc) is 2.84. The Kier molecular flexibility index (Phi) is 7.57. The Labute approximate surface area is 208 Å². The average molecular weight is 484 g/mol. The second-order valence-corrected chi connectivity index (χ2v) is 9.79. The third-order valence-corrected chi connectivity index (χ3v) is 6.68. The molecule has 1 fully saturated rings. The topological polar surface area (TPSA) is 66.5 Å². The van der Waals surface area contributed by atoms with Crippen LogP contribution in [0.5, 0.6) is 17.2 Å². The molecule has 2 heterocycles. The standard InChI is InChI=1S/C28H37NO6/c1-18(2)33-23-12-11-20(17-24(23)31-5)27(30)29-15-13-28(14-16-29)26(32-6)25(34-19(3)4)21-9-7-8-10-22(21)35-28/h7-12,17-19,25-26H,13-16H2,1-6H3/t25-,26+/m1/s1. The number of carbonyl (C=O) groups is 1. The molecule has 0 radical (unpaired) electrons. The van der Waals surface area contributed by atoms with E-state index in [1.54, 1.807) is 32.4 Å².